The summed E-state index contributed by atoms with van der Waals surface area (Å²) in [6.45, 7) is 3.27. The van der Waals surface area contributed by atoms with Gasteiger partial charge in [-0.2, -0.15) is 0 Å². The van der Waals surface area contributed by atoms with Gasteiger partial charge in [0.1, 0.15) is 5.75 Å². The standard InChI is InChI=1S/C18H21BrClNO3/c1-4-9-24-18-13(14(19)6-8-17(18)23-3)11-21-12-5-7-16(22-2)15(20)10-12/h5-8,10,21H,4,9,11H2,1-3H3. The Hall–Kier alpha value is -1.59. The van der Waals surface area contributed by atoms with Crippen LogP contribution < -0.4 is 19.5 Å². The summed E-state index contributed by atoms with van der Waals surface area (Å²) >= 11 is 9.76. The van der Waals surface area contributed by atoms with E-state index in [1.54, 1.807) is 14.2 Å². The van der Waals surface area contributed by atoms with Crippen LogP contribution in [0.1, 0.15) is 18.9 Å². The van der Waals surface area contributed by atoms with Gasteiger partial charge in [0, 0.05) is 22.3 Å². The molecule has 0 fully saturated rings. The lowest BCUT2D eigenvalue weighted by Gasteiger charge is -2.17. The van der Waals surface area contributed by atoms with E-state index in [1.165, 1.54) is 0 Å². The highest BCUT2D eigenvalue weighted by molar-refractivity contribution is 9.10. The van der Waals surface area contributed by atoms with Gasteiger partial charge in [-0.25, -0.2) is 0 Å². The first-order valence-electron chi connectivity index (χ1n) is 7.66. The molecule has 0 bridgehead atoms. The largest absolute Gasteiger partial charge is 0.495 e. The van der Waals surface area contributed by atoms with E-state index in [9.17, 15) is 0 Å². The maximum atomic E-state index is 6.17. The molecule has 1 N–H and O–H groups in total. The Morgan fingerprint density at radius 3 is 2.42 bits per heavy atom. The van der Waals surface area contributed by atoms with E-state index in [4.69, 9.17) is 25.8 Å². The lowest BCUT2D eigenvalue weighted by Crippen LogP contribution is -2.06. The Morgan fingerprint density at radius 2 is 1.79 bits per heavy atom. The molecule has 0 saturated heterocycles. The minimum atomic E-state index is 0.565. The smallest absolute Gasteiger partial charge is 0.167 e. The van der Waals surface area contributed by atoms with E-state index in [2.05, 4.69) is 28.2 Å². The zero-order valence-corrected chi connectivity index (χ0v) is 16.3. The van der Waals surface area contributed by atoms with Crippen molar-refractivity contribution < 1.29 is 14.2 Å². The molecule has 2 rings (SSSR count). The molecule has 2 aromatic rings. The Bertz CT molecular complexity index is 694. The molecule has 4 nitrogen and oxygen atoms in total. The molecule has 0 heterocycles. The highest BCUT2D eigenvalue weighted by Crippen LogP contribution is 2.37. The van der Waals surface area contributed by atoms with Gasteiger partial charge in [-0.15, -0.1) is 0 Å². The van der Waals surface area contributed by atoms with E-state index in [-0.39, 0.29) is 0 Å². The molecule has 0 spiro atoms. The molecule has 0 radical (unpaired) electrons. The highest BCUT2D eigenvalue weighted by atomic mass is 79.9. The SMILES string of the molecule is CCCOc1c(OC)ccc(Br)c1CNc1ccc(OC)c(Cl)c1. The first kappa shape index (κ1) is 18.7. The van der Waals surface area contributed by atoms with Crippen molar-refractivity contribution in [1.29, 1.82) is 0 Å². The van der Waals surface area contributed by atoms with Crippen molar-refractivity contribution >= 4 is 33.2 Å². The van der Waals surface area contributed by atoms with Crippen LogP contribution in [-0.4, -0.2) is 20.8 Å². The maximum Gasteiger partial charge on any atom is 0.167 e. The summed E-state index contributed by atoms with van der Waals surface area (Å²) in [4.78, 5) is 0. The fraction of sp³-hybridized carbons (Fsp3) is 0.333. The van der Waals surface area contributed by atoms with Gasteiger partial charge in [-0.3, -0.25) is 0 Å². The van der Waals surface area contributed by atoms with Crippen LogP contribution in [-0.2, 0) is 6.54 Å². The van der Waals surface area contributed by atoms with Crippen molar-refractivity contribution in [2.24, 2.45) is 0 Å². The normalized spacial score (nSPS) is 10.4. The van der Waals surface area contributed by atoms with Crippen molar-refractivity contribution in [3.05, 3.63) is 45.4 Å². The van der Waals surface area contributed by atoms with Crippen LogP contribution in [0.15, 0.2) is 34.8 Å². The third-order valence-electron chi connectivity index (χ3n) is 3.46. The molecule has 0 saturated carbocycles. The van der Waals surface area contributed by atoms with Gasteiger partial charge < -0.3 is 19.5 Å². The molecule has 0 aliphatic heterocycles. The van der Waals surface area contributed by atoms with Crippen molar-refractivity contribution in [1.82, 2.24) is 0 Å². The molecule has 130 valence electrons. The van der Waals surface area contributed by atoms with E-state index in [0.29, 0.717) is 23.9 Å². The molecular formula is C18H21BrClNO3. The first-order valence-corrected chi connectivity index (χ1v) is 8.83. The van der Waals surface area contributed by atoms with Gasteiger partial charge in [0.05, 0.1) is 25.8 Å². The number of methoxy groups -OCH3 is 2. The summed E-state index contributed by atoms with van der Waals surface area (Å²) in [6, 6.07) is 9.44. The van der Waals surface area contributed by atoms with Crippen LogP contribution in [0, 0.1) is 0 Å². The Labute approximate surface area is 156 Å². The highest BCUT2D eigenvalue weighted by Gasteiger charge is 2.14. The van der Waals surface area contributed by atoms with Crippen molar-refractivity contribution in [2.75, 3.05) is 26.1 Å². The summed E-state index contributed by atoms with van der Waals surface area (Å²) in [5, 5.41) is 3.92. The van der Waals surface area contributed by atoms with Crippen LogP contribution in [0.3, 0.4) is 0 Å². The van der Waals surface area contributed by atoms with Crippen LogP contribution in [0.2, 0.25) is 5.02 Å². The number of hydrogen-bond acceptors (Lipinski definition) is 4. The monoisotopic (exact) mass is 413 g/mol. The van der Waals surface area contributed by atoms with E-state index in [1.807, 2.05) is 30.3 Å². The van der Waals surface area contributed by atoms with Gasteiger partial charge in [0.15, 0.2) is 11.5 Å². The average Bonchev–Trinajstić information content (AvgIpc) is 2.59. The number of hydrogen-bond donors (Lipinski definition) is 1. The van der Waals surface area contributed by atoms with E-state index < -0.39 is 0 Å². The topological polar surface area (TPSA) is 39.7 Å². The number of ether oxygens (including phenoxy) is 3. The Balaban J connectivity index is 2.23. The van der Waals surface area contributed by atoms with Crippen LogP contribution >= 0.6 is 27.5 Å². The molecule has 0 aliphatic rings. The third kappa shape index (κ3) is 4.48. The lowest BCUT2D eigenvalue weighted by molar-refractivity contribution is 0.291. The zero-order valence-electron chi connectivity index (χ0n) is 14.0. The van der Waals surface area contributed by atoms with Crippen molar-refractivity contribution in [3.8, 4) is 17.2 Å². The second-order valence-corrected chi connectivity index (χ2v) is 6.37. The van der Waals surface area contributed by atoms with Crippen LogP contribution in [0.4, 0.5) is 5.69 Å². The Kier molecular flexibility index (Phi) is 7.06. The zero-order chi connectivity index (χ0) is 17.5. The first-order chi connectivity index (χ1) is 11.6. The van der Waals surface area contributed by atoms with Gasteiger partial charge in [0.25, 0.3) is 0 Å². The van der Waals surface area contributed by atoms with Crippen molar-refractivity contribution in [2.45, 2.75) is 19.9 Å². The van der Waals surface area contributed by atoms with E-state index in [0.717, 1.165) is 33.6 Å². The summed E-state index contributed by atoms with van der Waals surface area (Å²) in [5.74, 6) is 2.12. The summed E-state index contributed by atoms with van der Waals surface area (Å²) in [7, 11) is 3.24. The van der Waals surface area contributed by atoms with Gasteiger partial charge >= 0.3 is 0 Å². The van der Waals surface area contributed by atoms with Gasteiger partial charge in [0.2, 0.25) is 0 Å². The minimum absolute atomic E-state index is 0.565. The molecule has 2 aromatic carbocycles. The van der Waals surface area contributed by atoms with Crippen molar-refractivity contribution in [3.63, 3.8) is 0 Å². The van der Waals surface area contributed by atoms with Gasteiger partial charge in [-0.1, -0.05) is 34.5 Å². The molecular weight excluding hydrogens is 394 g/mol. The third-order valence-corrected chi connectivity index (χ3v) is 4.50. The minimum Gasteiger partial charge on any atom is -0.495 e. The van der Waals surface area contributed by atoms with Crippen LogP contribution in [0.5, 0.6) is 17.2 Å². The second kappa shape index (κ2) is 9.04. The molecule has 0 amide bonds. The summed E-state index contributed by atoms with van der Waals surface area (Å²) in [5.41, 5.74) is 1.90. The lowest BCUT2D eigenvalue weighted by atomic mass is 10.1. The molecule has 24 heavy (non-hydrogen) atoms. The number of nitrogens with one attached hydrogen (secondary N) is 1. The fourth-order valence-electron chi connectivity index (χ4n) is 2.24. The predicted molar refractivity (Wildman–Crippen MR) is 102 cm³/mol. The van der Waals surface area contributed by atoms with E-state index >= 15 is 0 Å². The summed E-state index contributed by atoms with van der Waals surface area (Å²) in [6.07, 6.45) is 0.927. The summed E-state index contributed by atoms with van der Waals surface area (Å²) < 4.78 is 17.5. The molecule has 0 atom stereocenters. The molecule has 0 aromatic heterocycles. The van der Waals surface area contributed by atoms with Gasteiger partial charge in [-0.05, 0) is 36.8 Å². The molecule has 6 heteroatoms. The quantitative estimate of drug-likeness (QED) is 0.617. The maximum absolute atomic E-state index is 6.17. The Morgan fingerprint density at radius 1 is 1.08 bits per heavy atom. The predicted octanol–water partition coefficient (Wildman–Crippen LogP) is 5.52. The average molecular weight is 415 g/mol. The number of halogens is 2. The number of rotatable bonds is 8. The number of anilines is 1. The second-order valence-electron chi connectivity index (χ2n) is 5.11. The molecule has 0 aliphatic carbocycles. The van der Waals surface area contributed by atoms with Crippen LogP contribution in [0.25, 0.3) is 0 Å². The fourth-order valence-corrected chi connectivity index (χ4v) is 2.95. The number of benzene rings is 2. The molecule has 0 unspecified atom stereocenters.